The van der Waals surface area contributed by atoms with Crippen LogP contribution in [0.3, 0.4) is 0 Å². The molecule has 2 aromatic rings. The maximum atomic E-state index is 12.9. The van der Waals surface area contributed by atoms with Crippen molar-refractivity contribution in [2.75, 3.05) is 32.8 Å². The Hall–Kier alpha value is -2.69. The van der Waals surface area contributed by atoms with Crippen LogP contribution in [-0.2, 0) is 11.2 Å². The van der Waals surface area contributed by atoms with E-state index in [-0.39, 0.29) is 5.91 Å². The Morgan fingerprint density at radius 2 is 1.78 bits per heavy atom. The van der Waals surface area contributed by atoms with Crippen LogP contribution < -0.4 is 19.1 Å². The fraction of sp³-hybridized carbons (Fsp3) is 0.409. The van der Waals surface area contributed by atoms with Crippen molar-refractivity contribution in [3.63, 3.8) is 0 Å². The van der Waals surface area contributed by atoms with E-state index in [1.54, 1.807) is 21.3 Å². The molecular formula is C22H27NO4. The average molecular weight is 369 g/mol. The van der Waals surface area contributed by atoms with Gasteiger partial charge in [-0.15, -0.1) is 0 Å². The number of amides is 1. The van der Waals surface area contributed by atoms with Crippen LogP contribution in [0.1, 0.15) is 36.8 Å². The van der Waals surface area contributed by atoms with Crippen molar-refractivity contribution < 1.29 is 19.0 Å². The number of benzene rings is 2. The summed E-state index contributed by atoms with van der Waals surface area (Å²) in [6, 6.07) is 12.0. The molecule has 5 nitrogen and oxygen atoms in total. The van der Waals surface area contributed by atoms with Crippen LogP contribution >= 0.6 is 0 Å². The molecule has 0 fully saturated rings. The first-order valence-electron chi connectivity index (χ1n) is 9.27. The Morgan fingerprint density at radius 1 is 1.04 bits per heavy atom. The highest BCUT2D eigenvalue weighted by Crippen LogP contribution is 2.40. The molecule has 1 amide bonds. The van der Waals surface area contributed by atoms with Gasteiger partial charge < -0.3 is 19.1 Å². The quantitative estimate of drug-likeness (QED) is 0.766. The van der Waals surface area contributed by atoms with Gasteiger partial charge in [0.1, 0.15) is 0 Å². The number of aryl methyl sites for hydroxylation is 1. The molecule has 1 unspecified atom stereocenters. The third kappa shape index (κ3) is 3.72. The maximum absolute atomic E-state index is 12.9. The molecule has 1 aliphatic rings. The third-order valence-electron chi connectivity index (χ3n) is 5.24. The predicted octanol–water partition coefficient (Wildman–Crippen LogP) is 4.19. The van der Waals surface area contributed by atoms with Gasteiger partial charge in [-0.05, 0) is 42.0 Å². The van der Waals surface area contributed by atoms with Gasteiger partial charge in [0, 0.05) is 18.7 Å². The van der Waals surface area contributed by atoms with Gasteiger partial charge in [0.25, 0.3) is 0 Å². The predicted molar refractivity (Wildman–Crippen MR) is 106 cm³/mol. The van der Waals surface area contributed by atoms with Crippen molar-refractivity contribution in [1.82, 2.24) is 0 Å². The van der Waals surface area contributed by atoms with E-state index in [2.05, 4.69) is 13.0 Å². The Morgan fingerprint density at radius 3 is 2.48 bits per heavy atom. The summed E-state index contributed by atoms with van der Waals surface area (Å²) in [6.45, 7) is 2.98. The monoisotopic (exact) mass is 369 g/mol. The lowest BCUT2D eigenvalue weighted by atomic mass is 9.91. The minimum atomic E-state index is 0.131. The molecule has 27 heavy (non-hydrogen) atoms. The standard InChI is InChI=1S/C22H27NO4/c1-15-13-14-23(18-8-6-5-7-17(15)18)20(24)12-10-16-9-11-19(25-2)22(27-4)21(16)26-3/h5-9,11,15H,10,12-14H2,1-4H3. The first-order chi connectivity index (χ1) is 13.1. The topological polar surface area (TPSA) is 48.0 Å². The Bertz CT molecular complexity index is 818. The number of hydrogen-bond donors (Lipinski definition) is 0. The van der Waals surface area contributed by atoms with Crippen molar-refractivity contribution in [1.29, 1.82) is 0 Å². The number of anilines is 1. The molecule has 0 bridgehead atoms. The molecule has 0 saturated carbocycles. The van der Waals surface area contributed by atoms with Crippen LogP contribution in [-0.4, -0.2) is 33.8 Å². The van der Waals surface area contributed by atoms with Gasteiger partial charge in [0.2, 0.25) is 11.7 Å². The van der Waals surface area contributed by atoms with Crippen LogP contribution in [0.15, 0.2) is 36.4 Å². The first-order valence-corrected chi connectivity index (χ1v) is 9.27. The molecule has 0 aliphatic carbocycles. The maximum Gasteiger partial charge on any atom is 0.227 e. The van der Waals surface area contributed by atoms with Crippen LogP contribution in [0.2, 0.25) is 0 Å². The lowest BCUT2D eigenvalue weighted by molar-refractivity contribution is -0.118. The number of methoxy groups -OCH3 is 3. The van der Waals surface area contributed by atoms with Crippen LogP contribution in [0.4, 0.5) is 5.69 Å². The molecule has 0 saturated heterocycles. The molecule has 1 aliphatic heterocycles. The van der Waals surface area contributed by atoms with Crippen LogP contribution in [0.25, 0.3) is 0 Å². The highest BCUT2D eigenvalue weighted by atomic mass is 16.5. The molecule has 3 rings (SSSR count). The number of rotatable bonds is 6. The summed E-state index contributed by atoms with van der Waals surface area (Å²) >= 11 is 0. The molecule has 0 N–H and O–H groups in total. The summed E-state index contributed by atoms with van der Waals surface area (Å²) in [5, 5.41) is 0. The second-order valence-corrected chi connectivity index (χ2v) is 6.79. The summed E-state index contributed by atoms with van der Waals surface area (Å²) in [5.41, 5.74) is 3.23. The Balaban J connectivity index is 1.78. The number of carbonyl (C=O) groups is 1. The molecule has 2 aromatic carbocycles. The molecular weight excluding hydrogens is 342 g/mol. The fourth-order valence-corrected chi connectivity index (χ4v) is 3.74. The minimum absolute atomic E-state index is 0.131. The van der Waals surface area contributed by atoms with Crippen LogP contribution in [0, 0.1) is 0 Å². The largest absolute Gasteiger partial charge is 0.493 e. The number of nitrogens with zero attached hydrogens (tertiary/aromatic N) is 1. The summed E-state index contributed by atoms with van der Waals surface area (Å²) in [4.78, 5) is 14.9. The van der Waals surface area contributed by atoms with E-state index in [0.29, 0.717) is 36.0 Å². The summed E-state index contributed by atoms with van der Waals surface area (Å²) in [7, 11) is 4.78. The number of fused-ring (bicyclic) bond motifs is 1. The summed E-state index contributed by atoms with van der Waals surface area (Å²) < 4.78 is 16.3. The average Bonchev–Trinajstić information content (AvgIpc) is 2.71. The summed E-state index contributed by atoms with van der Waals surface area (Å²) in [6.07, 6.45) is 1.98. The van der Waals surface area contributed by atoms with Gasteiger partial charge >= 0.3 is 0 Å². The highest BCUT2D eigenvalue weighted by Gasteiger charge is 2.26. The van der Waals surface area contributed by atoms with E-state index in [0.717, 1.165) is 24.2 Å². The van der Waals surface area contributed by atoms with Gasteiger partial charge in [-0.2, -0.15) is 0 Å². The second kappa shape index (κ2) is 8.33. The SMILES string of the molecule is COc1ccc(CCC(=O)N2CCC(C)c3ccccc32)c(OC)c1OC. The lowest BCUT2D eigenvalue weighted by Crippen LogP contribution is -2.36. The zero-order valence-electron chi connectivity index (χ0n) is 16.5. The summed E-state index contributed by atoms with van der Waals surface area (Å²) in [5.74, 6) is 2.41. The molecule has 5 heteroatoms. The van der Waals surface area contributed by atoms with Gasteiger partial charge in [0.15, 0.2) is 11.5 Å². The van der Waals surface area contributed by atoms with E-state index in [1.165, 1.54) is 5.56 Å². The zero-order valence-corrected chi connectivity index (χ0v) is 16.5. The van der Waals surface area contributed by atoms with E-state index in [1.807, 2.05) is 35.2 Å². The van der Waals surface area contributed by atoms with E-state index >= 15 is 0 Å². The molecule has 144 valence electrons. The lowest BCUT2D eigenvalue weighted by Gasteiger charge is -2.33. The smallest absolute Gasteiger partial charge is 0.227 e. The molecule has 0 radical (unpaired) electrons. The molecule has 0 spiro atoms. The van der Waals surface area contributed by atoms with Crippen molar-refractivity contribution >= 4 is 11.6 Å². The van der Waals surface area contributed by atoms with Gasteiger partial charge in [0.05, 0.1) is 21.3 Å². The number of para-hydroxylation sites is 1. The van der Waals surface area contributed by atoms with Gasteiger partial charge in [-0.1, -0.05) is 31.2 Å². The zero-order chi connectivity index (χ0) is 19.4. The van der Waals surface area contributed by atoms with E-state index in [9.17, 15) is 4.79 Å². The van der Waals surface area contributed by atoms with Crippen molar-refractivity contribution in [3.05, 3.63) is 47.5 Å². The Kier molecular flexibility index (Phi) is 5.89. The van der Waals surface area contributed by atoms with E-state index in [4.69, 9.17) is 14.2 Å². The highest BCUT2D eigenvalue weighted by molar-refractivity contribution is 5.95. The van der Waals surface area contributed by atoms with Crippen molar-refractivity contribution in [2.24, 2.45) is 0 Å². The fourth-order valence-electron chi connectivity index (χ4n) is 3.74. The molecule has 0 aromatic heterocycles. The van der Waals surface area contributed by atoms with Gasteiger partial charge in [-0.3, -0.25) is 4.79 Å². The second-order valence-electron chi connectivity index (χ2n) is 6.79. The van der Waals surface area contributed by atoms with Crippen molar-refractivity contribution in [2.45, 2.75) is 32.1 Å². The molecule has 1 atom stereocenters. The van der Waals surface area contributed by atoms with Crippen LogP contribution in [0.5, 0.6) is 17.2 Å². The minimum Gasteiger partial charge on any atom is -0.493 e. The van der Waals surface area contributed by atoms with Gasteiger partial charge in [-0.25, -0.2) is 0 Å². The number of carbonyl (C=O) groups excluding carboxylic acids is 1. The Labute approximate surface area is 160 Å². The third-order valence-corrected chi connectivity index (χ3v) is 5.24. The van der Waals surface area contributed by atoms with Crippen molar-refractivity contribution in [3.8, 4) is 17.2 Å². The molecule has 1 heterocycles. The van der Waals surface area contributed by atoms with E-state index < -0.39 is 0 Å². The number of ether oxygens (including phenoxy) is 3. The normalized spacial score (nSPS) is 15.9. The first kappa shape index (κ1) is 19.1. The number of hydrogen-bond acceptors (Lipinski definition) is 4.